The van der Waals surface area contributed by atoms with Crippen LogP contribution in [0.2, 0.25) is 0 Å². The molecule has 2 saturated heterocycles. The third-order valence-electron chi connectivity index (χ3n) is 7.78. The first-order chi connectivity index (χ1) is 15.2. The molecule has 3 fully saturated rings. The van der Waals surface area contributed by atoms with Gasteiger partial charge in [-0.2, -0.15) is 0 Å². The van der Waals surface area contributed by atoms with Crippen molar-refractivity contribution in [3.63, 3.8) is 0 Å². The lowest BCUT2D eigenvalue weighted by Crippen LogP contribution is -2.43. The molecule has 2 atom stereocenters. The fraction of sp³-hybridized carbons (Fsp3) is 0.792. The van der Waals surface area contributed by atoms with E-state index in [-0.39, 0.29) is 23.6 Å². The maximum Gasteiger partial charge on any atom is 0.254 e. The number of fused-ring (bicyclic) bond motifs is 1. The predicted molar refractivity (Wildman–Crippen MR) is 118 cm³/mol. The molecule has 170 valence electrons. The lowest BCUT2D eigenvalue weighted by Gasteiger charge is -2.37. The van der Waals surface area contributed by atoms with Crippen molar-refractivity contribution < 1.29 is 9.53 Å². The molecule has 0 spiro atoms. The number of nitrogens with zero attached hydrogens (tertiary/aromatic N) is 3. The molecule has 4 aliphatic rings. The minimum absolute atomic E-state index is 0.000316. The first kappa shape index (κ1) is 21.1. The van der Waals surface area contributed by atoms with E-state index in [1.54, 1.807) is 0 Å². The van der Waals surface area contributed by atoms with Gasteiger partial charge >= 0.3 is 0 Å². The normalized spacial score (nSPS) is 27.9. The van der Waals surface area contributed by atoms with Gasteiger partial charge in [-0.15, -0.1) is 0 Å². The van der Waals surface area contributed by atoms with Crippen molar-refractivity contribution in [2.24, 2.45) is 0 Å². The van der Waals surface area contributed by atoms with E-state index in [4.69, 9.17) is 9.72 Å². The molecule has 1 amide bonds. The van der Waals surface area contributed by atoms with Crippen molar-refractivity contribution in [2.45, 2.75) is 102 Å². The number of H-pyrrole nitrogens is 1. The Morgan fingerprint density at radius 1 is 1.03 bits per heavy atom. The maximum atomic E-state index is 13.2. The Labute approximate surface area is 184 Å². The van der Waals surface area contributed by atoms with Gasteiger partial charge in [0, 0.05) is 37.8 Å². The third-order valence-corrected chi connectivity index (χ3v) is 7.78. The number of ether oxygens (including phenoxy) is 1. The van der Waals surface area contributed by atoms with E-state index in [0.29, 0.717) is 18.3 Å². The van der Waals surface area contributed by atoms with Gasteiger partial charge < -0.3 is 14.6 Å². The summed E-state index contributed by atoms with van der Waals surface area (Å²) in [6.07, 6.45) is 12.5. The molecular weight excluding hydrogens is 392 g/mol. The number of rotatable bonds is 4. The lowest BCUT2D eigenvalue weighted by molar-refractivity contribution is -0.139. The van der Waals surface area contributed by atoms with Gasteiger partial charge in [-0.05, 0) is 57.8 Å². The third kappa shape index (κ3) is 4.58. The molecule has 3 aliphatic heterocycles. The summed E-state index contributed by atoms with van der Waals surface area (Å²) in [5.41, 5.74) is 1.78. The number of aromatic nitrogens is 2. The standard InChI is InChI=1S/C24H36N4O3/c29-22(15-18-9-4-6-14-31-18)28-12-5-3-10-21(28)23-25-20-16-27(17-7-1-2-8-17)13-11-19(20)24(30)26-23/h17-18,21H,1-16H2,(H,25,26,30)/t18-,21-/m1/s1. The molecule has 1 saturated carbocycles. The Morgan fingerprint density at radius 2 is 1.84 bits per heavy atom. The first-order valence-electron chi connectivity index (χ1n) is 12.5. The second-order valence-electron chi connectivity index (χ2n) is 9.83. The van der Waals surface area contributed by atoms with E-state index >= 15 is 0 Å². The van der Waals surface area contributed by atoms with Crippen LogP contribution in [0.1, 0.15) is 93.8 Å². The zero-order chi connectivity index (χ0) is 21.2. The van der Waals surface area contributed by atoms with Crippen molar-refractivity contribution in [2.75, 3.05) is 19.7 Å². The van der Waals surface area contributed by atoms with E-state index < -0.39 is 0 Å². The summed E-state index contributed by atoms with van der Waals surface area (Å²) in [6, 6.07) is 0.519. The van der Waals surface area contributed by atoms with Crippen LogP contribution in [0.3, 0.4) is 0 Å². The first-order valence-corrected chi connectivity index (χ1v) is 12.5. The highest BCUT2D eigenvalue weighted by Crippen LogP contribution is 2.32. The monoisotopic (exact) mass is 428 g/mol. The highest BCUT2D eigenvalue weighted by atomic mass is 16.5. The summed E-state index contributed by atoms with van der Waals surface area (Å²) in [6.45, 7) is 3.23. The molecule has 1 aliphatic carbocycles. The van der Waals surface area contributed by atoms with Crippen molar-refractivity contribution in [3.8, 4) is 0 Å². The Balaban J connectivity index is 1.35. The summed E-state index contributed by atoms with van der Waals surface area (Å²) >= 11 is 0. The number of amides is 1. The number of likely N-dealkylation sites (tertiary alicyclic amines) is 1. The van der Waals surface area contributed by atoms with E-state index in [1.807, 2.05) is 4.90 Å². The van der Waals surface area contributed by atoms with Gasteiger partial charge in [0.15, 0.2) is 0 Å². The number of piperidine rings is 1. The summed E-state index contributed by atoms with van der Waals surface area (Å²) in [7, 11) is 0. The van der Waals surface area contributed by atoms with E-state index in [0.717, 1.165) is 82.4 Å². The van der Waals surface area contributed by atoms with Crippen LogP contribution in [-0.2, 0) is 22.5 Å². The van der Waals surface area contributed by atoms with Gasteiger partial charge in [0.25, 0.3) is 5.56 Å². The van der Waals surface area contributed by atoms with Gasteiger partial charge in [-0.25, -0.2) is 4.98 Å². The van der Waals surface area contributed by atoms with Crippen LogP contribution < -0.4 is 5.56 Å². The predicted octanol–water partition coefficient (Wildman–Crippen LogP) is 3.08. The minimum Gasteiger partial charge on any atom is -0.378 e. The molecule has 1 aromatic heterocycles. The molecule has 0 aromatic carbocycles. The second kappa shape index (κ2) is 9.41. The van der Waals surface area contributed by atoms with Gasteiger partial charge in [-0.1, -0.05) is 12.8 Å². The number of aromatic amines is 1. The average molecular weight is 429 g/mol. The highest BCUT2D eigenvalue weighted by molar-refractivity contribution is 5.77. The van der Waals surface area contributed by atoms with Gasteiger partial charge in [0.2, 0.25) is 5.91 Å². The van der Waals surface area contributed by atoms with Gasteiger partial charge in [-0.3, -0.25) is 14.5 Å². The maximum absolute atomic E-state index is 13.2. The molecule has 7 nitrogen and oxygen atoms in total. The SMILES string of the molecule is O=C(C[C@H]1CCCCO1)N1CCCC[C@@H]1c1nc2c(c(=O)[nH]1)CCN(C1CCCC1)C2. The topological polar surface area (TPSA) is 78.5 Å². The Kier molecular flexibility index (Phi) is 6.41. The Hall–Kier alpha value is -1.73. The van der Waals surface area contributed by atoms with Crippen LogP contribution in [-0.4, -0.2) is 57.5 Å². The van der Waals surface area contributed by atoms with Gasteiger partial charge in [0.1, 0.15) is 5.82 Å². The van der Waals surface area contributed by atoms with Crippen LogP contribution in [0.5, 0.6) is 0 Å². The molecular formula is C24H36N4O3. The molecule has 0 unspecified atom stereocenters. The molecule has 1 N–H and O–H groups in total. The number of hydrogen-bond donors (Lipinski definition) is 1. The smallest absolute Gasteiger partial charge is 0.254 e. The van der Waals surface area contributed by atoms with Crippen LogP contribution in [0.25, 0.3) is 0 Å². The van der Waals surface area contributed by atoms with Crippen molar-refractivity contribution in [1.82, 2.24) is 19.8 Å². The number of hydrogen-bond acceptors (Lipinski definition) is 5. The highest BCUT2D eigenvalue weighted by Gasteiger charge is 2.33. The fourth-order valence-corrected chi connectivity index (χ4v) is 6.01. The largest absolute Gasteiger partial charge is 0.378 e. The number of carbonyl (C=O) groups is 1. The molecule has 7 heteroatoms. The lowest BCUT2D eigenvalue weighted by atomic mass is 9.98. The van der Waals surface area contributed by atoms with Crippen LogP contribution in [0.15, 0.2) is 4.79 Å². The quantitative estimate of drug-likeness (QED) is 0.797. The summed E-state index contributed by atoms with van der Waals surface area (Å²) < 4.78 is 5.81. The van der Waals surface area contributed by atoms with E-state index in [1.165, 1.54) is 25.7 Å². The number of nitrogens with one attached hydrogen (secondary N) is 1. The molecule has 4 heterocycles. The Bertz CT molecular complexity index is 842. The fourth-order valence-electron chi connectivity index (χ4n) is 6.01. The van der Waals surface area contributed by atoms with Crippen molar-refractivity contribution in [1.29, 1.82) is 0 Å². The minimum atomic E-state index is -0.121. The second-order valence-corrected chi connectivity index (χ2v) is 9.83. The van der Waals surface area contributed by atoms with Crippen molar-refractivity contribution >= 4 is 5.91 Å². The van der Waals surface area contributed by atoms with Crippen molar-refractivity contribution in [3.05, 3.63) is 27.4 Å². The molecule has 1 aromatic rings. The summed E-state index contributed by atoms with van der Waals surface area (Å²) in [5.74, 6) is 0.833. The van der Waals surface area contributed by atoms with Crippen LogP contribution in [0, 0.1) is 0 Å². The van der Waals surface area contributed by atoms with Crippen LogP contribution >= 0.6 is 0 Å². The zero-order valence-corrected chi connectivity index (χ0v) is 18.6. The zero-order valence-electron chi connectivity index (χ0n) is 18.6. The molecule has 0 radical (unpaired) electrons. The molecule has 31 heavy (non-hydrogen) atoms. The van der Waals surface area contributed by atoms with E-state index in [2.05, 4.69) is 9.88 Å². The summed E-state index contributed by atoms with van der Waals surface area (Å²) in [4.78, 5) is 38.6. The summed E-state index contributed by atoms with van der Waals surface area (Å²) in [5, 5.41) is 0. The van der Waals surface area contributed by atoms with E-state index in [9.17, 15) is 9.59 Å². The Morgan fingerprint density at radius 3 is 2.65 bits per heavy atom. The molecule has 0 bridgehead atoms. The van der Waals surface area contributed by atoms with Crippen LogP contribution in [0.4, 0.5) is 0 Å². The molecule has 5 rings (SSSR count). The van der Waals surface area contributed by atoms with Gasteiger partial charge in [0.05, 0.1) is 24.3 Å². The number of carbonyl (C=O) groups excluding carboxylic acids is 1. The average Bonchev–Trinajstić information content (AvgIpc) is 3.34.